The minimum absolute atomic E-state index is 0.0278. The first-order valence-electron chi connectivity index (χ1n) is 8.31. The Morgan fingerprint density at radius 2 is 1.85 bits per heavy atom. The van der Waals surface area contributed by atoms with E-state index in [0.29, 0.717) is 27.3 Å². The van der Waals surface area contributed by atoms with Gasteiger partial charge in [-0.2, -0.15) is 0 Å². The normalized spacial score (nSPS) is 17.4. The van der Waals surface area contributed by atoms with E-state index < -0.39 is 0 Å². The van der Waals surface area contributed by atoms with Crippen LogP contribution in [0.5, 0.6) is 0 Å². The summed E-state index contributed by atoms with van der Waals surface area (Å²) in [6.07, 6.45) is 1.91. The van der Waals surface area contributed by atoms with E-state index in [0.717, 1.165) is 11.3 Å². The van der Waals surface area contributed by atoms with Gasteiger partial charge in [0.2, 0.25) is 0 Å². The van der Waals surface area contributed by atoms with Crippen LogP contribution in [0.3, 0.4) is 0 Å². The number of halogens is 1. The smallest absolute Gasteiger partial charge is 0.266 e. The highest BCUT2D eigenvalue weighted by Crippen LogP contribution is 2.35. The van der Waals surface area contributed by atoms with Crippen molar-refractivity contribution in [2.45, 2.75) is 6.92 Å². The van der Waals surface area contributed by atoms with Gasteiger partial charge in [0, 0.05) is 26.3 Å². The van der Waals surface area contributed by atoms with E-state index in [9.17, 15) is 4.79 Å². The summed E-state index contributed by atoms with van der Waals surface area (Å²) < 4.78 is 0. The maximum absolute atomic E-state index is 12.7. The highest BCUT2D eigenvalue weighted by Gasteiger charge is 2.32. The molecule has 0 N–H and O–H groups in total. The number of para-hydroxylation sites is 1. The molecule has 4 nitrogen and oxygen atoms in total. The van der Waals surface area contributed by atoms with E-state index in [1.54, 1.807) is 11.0 Å². The maximum Gasteiger partial charge on any atom is 0.266 e. The molecule has 0 saturated carbocycles. The molecule has 6 heteroatoms. The van der Waals surface area contributed by atoms with E-state index in [4.69, 9.17) is 11.6 Å². The molecule has 2 aromatic carbocycles. The minimum atomic E-state index is -0.0278. The lowest BCUT2D eigenvalue weighted by atomic mass is 10.2. The molecule has 0 aliphatic carbocycles. The molecular formula is C20H20ClN3OS. The van der Waals surface area contributed by atoms with Gasteiger partial charge in [0.05, 0.1) is 15.6 Å². The zero-order chi connectivity index (χ0) is 18.7. The average molecular weight is 386 g/mol. The zero-order valence-electron chi connectivity index (χ0n) is 14.9. The first-order chi connectivity index (χ1) is 12.5. The highest BCUT2D eigenvalue weighted by atomic mass is 35.5. The molecule has 0 bridgehead atoms. The molecule has 0 atom stereocenters. The lowest BCUT2D eigenvalue weighted by molar-refractivity contribution is -0.122. The van der Waals surface area contributed by atoms with Gasteiger partial charge in [0.15, 0.2) is 5.17 Å². The Kier molecular flexibility index (Phi) is 5.69. The number of likely N-dealkylation sites (N-methyl/N-ethyl adjacent to an activating group) is 1. The van der Waals surface area contributed by atoms with Crippen molar-refractivity contribution in [3.8, 4) is 0 Å². The lowest BCUT2D eigenvalue weighted by Crippen LogP contribution is -2.28. The van der Waals surface area contributed by atoms with Crippen LogP contribution in [0.4, 0.5) is 11.4 Å². The van der Waals surface area contributed by atoms with Gasteiger partial charge in [0.25, 0.3) is 5.91 Å². The van der Waals surface area contributed by atoms with Gasteiger partial charge in [-0.1, -0.05) is 35.9 Å². The highest BCUT2D eigenvalue weighted by molar-refractivity contribution is 8.18. The second-order valence-corrected chi connectivity index (χ2v) is 7.41. The van der Waals surface area contributed by atoms with Gasteiger partial charge >= 0.3 is 0 Å². The number of carbonyl (C=O) groups excluding carboxylic acids is 1. The summed E-state index contributed by atoms with van der Waals surface area (Å²) >= 11 is 7.58. The van der Waals surface area contributed by atoms with Gasteiger partial charge in [-0.25, -0.2) is 4.99 Å². The van der Waals surface area contributed by atoms with Crippen LogP contribution in [0, 0.1) is 0 Å². The topological polar surface area (TPSA) is 35.9 Å². The number of rotatable bonds is 4. The molecule has 1 fully saturated rings. The number of amides is 1. The Balaban J connectivity index is 1.90. The largest absolute Gasteiger partial charge is 0.378 e. The van der Waals surface area contributed by atoms with E-state index in [-0.39, 0.29) is 5.91 Å². The molecule has 1 aliphatic heterocycles. The maximum atomic E-state index is 12.7. The number of amidine groups is 1. The van der Waals surface area contributed by atoms with E-state index in [1.807, 2.05) is 74.5 Å². The molecule has 1 aliphatic rings. The number of nitrogens with zero attached hydrogens (tertiary/aromatic N) is 3. The van der Waals surface area contributed by atoms with E-state index >= 15 is 0 Å². The first-order valence-corrected chi connectivity index (χ1v) is 9.51. The summed E-state index contributed by atoms with van der Waals surface area (Å²) in [5.74, 6) is -0.0278. The Morgan fingerprint density at radius 3 is 2.46 bits per heavy atom. The van der Waals surface area contributed by atoms with Crippen molar-refractivity contribution in [3.63, 3.8) is 0 Å². The molecule has 0 spiro atoms. The lowest BCUT2D eigenvalue weighted by Gasteiger charge is -2.12. The fraction of sp³-hybridized carbons (Fsp3) is 0.200. The molecule has 0 unspecified atom stereocenters. The van der Waals surface area contributed by atoms with Crippen molar-refractivity contribution in [2.75, 3.05) is 25.5 Å². The molecule has 1 amide bonds. The van der Waals surface area contributed by atoms with Crippen LogP contribution in [0.2, 0.25) is 5.02 Å². The Labute approximate surface area is 163 Å². The standard InChI is InChI=1S/C20H20ClN3OS/c1-4-24-19(25)18(13-14-9-11-15(12-10-14)23(2)3)26-20(24)22-17-8-6-5-7-16(17)21/h5-13H,4H2,1-3H3/b18-13+,22-20?. The monoisotopic (exact) mass is 385 g/mol. The summed E-state index contributed by atoms with van der Waals surface area (Å²) in [5.41, 5.74) is 2.77. The Bertz CT molecular complexity index is 875. The summed E-state index contributed by atoms with van der Waals surface area (Å²) in [7, 11) is 4.00. The summed E-state index contributed by atoms with van der Waals surface area (Å²) in [4.78, 5) is 21.7. The van der Waals surface area contributed by atoms with Crippen LogP contribution >= 0.6 is 23.4 Å². The molecule has 26 heavy (non-hydrogen) atoms. The van der Waals surface area contributed by atoms with Crippen molar-refractivity contribution in [2.24, 2.45) is 4.99 Å². The van der Waals surface area contributed by atoms with E-state index in [1.165, 1.54) is 11.8 Å². The van der Waals surface area contributed by atoms with E-state index in [2.05, 4.69) is 4.99 Å². The first kappa shape index (κ1) is 18.5. The van der Waals surface area contributed by atoms with Crippen LogP contribution in [0.25, 0.3) is 6.08 Å². The van der Waals surface area contributed by atoms with Gasteiger partial charge < -0.3 is 4.90 Å². The minimum Gasteiger partial charge on any atom is -0.378 e. The third-order valence-electron chi connectivity index (χ3n) is 3.98. The molecule has 134 valence electrons. The van der Waals surface area contributed by atoms with Crippen molar-refractivity contribution in [1.29, 1.82) is 0 Å². The van der Waals surface area contributed by atoms with Gasteiger partial charge in [-0.15, -0.1) is 0 Å². The van der Waals surface area contributed by atoms with Crippen LogP contribution in [-0.2, 0) is 4.79 Å². The molecule has 0 radical (unpaired) electrons. The molecular weight excluding hydrogens is 366 g/mol. The van der Waals surface area contributed by atoms with Crippen molar-refractivity contribution in [1.82, 2.24) is 4.90 Å². The summed E-state index contributed by atoms with van der Waals surface area (Å²) in [6, 6.07) is 15.5. The number of carbonyl (C=O) groups is 1. The molecule has 0 aromatic heterocycles. The quantitative estimate of drug-likeness (QED) is 0.692. The van der Waals surface area contributed by atoms with Gasteiger partial charge in [-0.05, 0) is 54.6 Å². The fourth-order valence-corrected chi connectivity index (χ4v) is 3.77. The number of hydrogen-bond acceptors (Lipinski definition) is 4. The summed E-state index contributed by atoms with van der Waals surface area (Å²) in [6.45, 7) is 2.50. The SMILES string of the molecule is CCN1C(=O)/C(=C\c2ccc(N(C)C)cc2)SC1=Nc1ccccc1Cl. The predicted molar refractivity (Wildman–Crippen MR) is 112 cm³/mol. The second kappa shape index (κ2) is 7.98. The molecule has 1 heterocycles. The number of benzene rings is 2. The van der Waals surface area contributed by atoms with Crippen LogP contribution < -0.4 is 4.90 Å². The van der Waals surface area contributed by atoms with Crippen LogP contribution in [0.15, 0.2) is 58.4 Å². The third kappa shape index (κ3) is 3.94. The molecule has 1 saturated heterocycles. The Hall–Kier alpha value is -2.24. The van der Waals surface area contributed by atoms with Crippen LogP contribution in [0.1, 0.15) is 12.5 Å². The van der Waals surface area contributed by atoms with Crippen LogP contribution in [-0.4, -0.2) is 36.6 Å². The number of aliphatic imine (C=N–C) groups is 1. The number of thioether (sulfide) groups is 1. The number of anilines is 1. The van der Waals surface area contributed by atoms with Gasteiger partial charge in [-0.3, -0.25) is 9.69 Å². The molecule has 2 aromatic rings. The van der Waals surface area contributed by atoms with Crippen molar-refractivity contribution < 1.29 is 4.79 Å². The number of hydrogen-bond donors (Lipinski definition) is 0. The van der Waals surface area contributed by atoms with Gasteiger partial charge in [0.1, 0.15) is 0 Å². The third-order valence-corrected chi connectivity index (χ3v) is 5.31. The molecule has 3 rings (SSSR count). The Morgan fingerprint density at radius 1 is 1.15 bits per heavy atom. The second-order valence-electron chi connectivity index (χ2n) is 5.99. The summed E-state index contributed by atoms with van der Waals surface area (Å²) in [5, 5.41) is 1.22. The van der Waals surface area contributed by atoms with Crippen molar-refractivity contribution >= 4 is 51.9 Å². The predicted octanol–water partition coefficient (Wildman–Crippen LogP) is 5.03. The fourth-order valence-electron chi connectivity index (χ4n) is 2.54. The zero-order valence-corrected chi connectivity index (χ0v) is 16.5. The van der Waals surface area contributed by atoms with Crippen molar-refractivity contribution in [3.05, 3.63) is 64.0 Å². The average Bonchev–Trinajstić information content (AvgIpc) is 2.92.